The van der Waals surface area contributed by atoms with Gasteiger partial charge in [-0.05, 0) is 264 Å². The average Bonchev–Trinajstić information content (AvgIpc) is 0.814. The van der Waals surface area contributed by atoms with Crippen molar-refractivity contribution in [2.45, 2.75) is 217 Å². The van der Waals surface area contributed by atoms with Crippen molar-refractivity contribution < 1.29 is 93.5 Å². The third-order valence-electron chi connectivity index (χ3n) is 21.9. The molecule has 6 aromatic rings. The van der Waals surface area contributed by atoms with Crippen LogP contribution >= 0.6 is 0 Å². The summed E-state index contributed by atoms with van der Waals surface area (Å²) in [7, 11) is -5.35. The fourth-order valence-electron chi connectivity index (χ4n) is 16.3. The molecule has 6 aromatic carbocycles. The Morgan fingerprint density at radius 3 is 0.955 bits per heavy atom. The van der Waals surface area contributed by atoms with Crippen LogP contribution in [0.25, 0.3) is 0 Å². The number of piperidine rings is 3. The second-order valence-corrected chi connectivity index (χ2v) is 34.7. The zero-order valence-electron chi connectivity index (χ0n) is 63.2. The number of hydrogen-bond donors (Lipinski definition) is 3. The van der Waals surface area contributed by atoms with E-state index >= 15 is 0 Å². The number of benzene rings is 6. The molecular weight excluding hydrogens is 1500 g/mol. The van der Waals surface area contributed by atoms with E-state index in [-0.39, 0.29) is 50.8 Å². The smallest absolute Gasteiger partial charge is 0.422 e. The quantitative estimate of drug-likeness (QED) is 0.0455. The van der Waals surface area contributed by atoms with Gasteiger partial charge in [-0.3, -0.25) is 0 Å². The maximum Gasteiger partial charge on any atom is 0.422 e. The van der Waals surface area contributed by atoms with Crippen LogP contribution in [0.3, 0.4) is 0 Å². The number of hydrogen-bond acceptors (Lipinski definition) is 16. The van der Waals surface area contributed by atoms with Gasteiger partial charge in [0.25, 0.3) is 0 Å². The minimum Gasteiger partial charge on any atom is -0.493 e. The normalized spacial score (nSPS) is 22.0. The van der Waals surface area contributed by atoms with Gasteiger partial charge in [-0.1, -0.05) is 54.6 Å². The predicted molar refractivity (Wildman–Crippen MR) is 403 cm³/mol. The second-order valence-electron chi connectivity index (χ2n) is 29.5. The largest absolute Gasteiger partial charge is 0.493 e. The van der Waals surface area contributed by atoms with Crippen molar-refractivity contribution in [3.63, 3.8) is 0 Å². The molecule has 0 bridgehead atoms. The van der Waals surface area contributed by atoms with Gasteiger partial charge in [0, 0.05) is 48.4 Å². The molecule has 0 spiro atoms. The fourth-order valence-corrected chi connectivity index (χ4v) is 20.2. The third kappa shape index (κ3) is 23.8. The highest BCUT2D eigenvalue weighted by Gasteiger charge is 2.38. The molecule has 3 saturated carbocycles. The first kappa shape index (κ1) is 85.4. The molecule has 30 heteroatoms. The second kappa shape index (κ2) is 38.7. The average molecular weight is 1610 g/mol. The summed E-state index contributed by atoms with van der Waals surface area (Å²) in [5.41, 5.74) is 2.97. The van der Waals surface area contributed by atoms with E-state index in [9.17, 15) is 60.4 Å². The zero-order valence-corrected chi connectivity index (χ0v) is 65.6. The lowest BCUT2D eigenvalue weighted by atomic mass is 9.85. The van der Waals surface area contributed by atoms with Gasteiger partial charge in [-0.25, -0.2) is 48.2 Å². The molecule has 3 aliphatic heterocycles. The Kier molecular flexibility index (Phi) is 30.0. The van der Waals surface area contributed by atoms with Gasteiger partial charge in [0.2, 0.25) is 30.1 Å². The summed E-state index contributed by atoms with van der Waals surface area (Å²) < 4.78 is 225. The van der Waals surface area contributed by atoms with Crippen LogP contribution in [0.5, 0.6) is 40.2 Å². The third-order valence-corrected chi connectivity index (χ3v) is 26.5. The lowest BCUT2D eigenvalue weighted by Crippen LogP contribution is -2.46. The molecule has 0 aromatic heterocycles. The van der Waals surface area contributed by atoms with Crippen LogP contribution in [0.4, 0.5) is 35.1 Å². The van der Waals surface area contributed by atoms with E-state index in [1.165, 1.54) is 58.3 Å². The van der Waals surface area contributed by atoms with Crippen LogP contribution in [0, 0.1) is 11.6 Å². The van der Waals surface area contributed by atoms with Crippen LogP contribution in [-0.2, 0) is 30.1 Å². The topological polar surface area (TPSA) is 213 Å². The van der Waals surface area contributed by atoms with Crippen molar-refractivity contribution in [1.29, 1.82) is 0 Å². The lowest BCUT2D eigenvalue weighted by molar-refractivity contribution is -0.154. The summed E-state index contributed by atoms with van der Waals surface area (Å²) in [6, 6.07) is 34.9. The summed E-state index contributed by atoms with van der Waals surface area (Å²) in [6.07, 6.45) is 6.77. The number of rotatable bonds is 25. The van der Waals surface area contributed by atoms with E-state index in [0.29, 0.717) is 58.5 Å². The Morgan fingerprint density at radius 1 is 0.364 bits per heavy atom. The summed E-state index contributed by atoms with van der Waals surface area (Å²) in [4.78, 5) is 7.46. The van der Waals surface area contributed by atoms with Crippen LogP contribution in [0.1, 0.15) is 164 Å². The fraction of sp³-hybridized carbons (Fsp3) is 0.550. The Bertz CT molecular complexity index is 4100. The highest BCUT2D eigenvalue weighted by atomic mass is 32.2. The van der Waals surface area contributed by atoms with E-state index in [1.807, 2.05) is 44.2 Å². The molecule has 0 radical (unpaired) electrons. The molecule has 6 aliphatic rings. The number of halogens is 8. The minimum atomic E-state index is -4.37. The van der Waals surface area contributed by atoms with Crippen molar-refractivity contribution in [3.05, 3.63) is 156 Å². The molecular formula is C80H104F8N6O13S3. The lowest BCUT2D eigenvalue weighted by Gasteiger charge is -2.41. The Balaban J connectivity index is 0.000000176. The summed E-state index contributed by atoms with van der Waals surface area (Å²) in [5, 5.41) is 0. The first-order chi connectivity index (χ1) is 52.4. The van der Waals surface area contributed by atoms with Gasteiger partial charge in [-0.15, -0.1) is 0 Å². The van der Waals surface area contributed by atoms with Crippen LogP contribution in [-0.4, -0.2) is 176 Å². The van der Waals surface area contributed by atoms with E-state index in [1.54, 1.807) is 36.4 Å². The standard InChI is InChI=1S/2C27H35F3N2O5S.C26H34F2N2O3S/c2*1-35-25-12-11-22(17-26(25)36-2)38(33,34)31-20-7-9-21(10-8-20)32-15-13-19(14-16-32)23-5-3-4-6-24(23)37-18-27(28,29)30;1-18(2)33-26-6-4-3-5-23(26)19-13-15-30(16-14-19)21-9-7-20(8-10-21)29-34(31,32)22-11-12-24(27)25(28)17-22/h2*3-6,11-12,17,19-21,31H,7-10,13-16,18H2,1-2H3;3-6,11-12,17-21,29H,7-10,13-16H2,1-2H3. The van der Waals surface area contributed by atoms with Crippen molar-refractivity contribution in [2.75, 3.05) is 80.9 Å². The van der Waals surface area contributed by atoms with Crippen molar-refractivity contribution in [2.24, 2.45) is 0 Å². The predicted octanol–water partition coefficient (Wildman–Crippen LogP) is 15.4. The van der Waals surface area contributed by atoms with E-state index < -0.39 is 67.3 Å². The maximum atomic E-state index is 13.5. The molecule has 3 N–H and O–H groups in total. The molecule has 3 heterocycles. The number of ether oxygens (including phenoxy) is 7. The summed E-state index contributed by atoms with van der Waals surface area (Å²) in [5.74, 6) is 1.84. The Hall–Kier alpha value is -7.03. The molecule has 3 saturated heterocycles. The van der Waals surface area contributed by atoms with Gasteiger partial charge in [0.1, 0.15) is 17.2 Å². The number of nitrogens with zero attached hydrogens (tertiary/aromatic N) is 3. The van der Waals surface area contributed by atoms with E-state index in [2.05, 4.69) is 47.1 Å². The number of alkyl halides is 6. The number of methoxy groups -OCH3 is 4. The van der Waals surface area contributed by atoms with E-state index in [0.717, 1.165) is 190 Å². The molecule has 6 fully saturated rings. The molecule has 0 atom stereocenters. The number of nitrogens with one attached hydrogen (secondary N) is 3. The first-order valence-corrected chi connectivity index (χ1v) is 42.4. The van der Waals surface area contributed by atoms with Gasteiger partial charge < -0.3 is 47.9 Å². The first-order valence-electron chi connectivity index (χ1n) is 37.9. The highest BCUT2D eigenvalue weighted by Crippen LogP contribution is 2.42. The zero-order chi connectivity index (χ0) is 79.0. The van der Waals surface area contributed by atoms with Crippen molar-refractivity contribution in [3.8, 4) is 40.2 Å². The molecule has 3 aliphatic carbocycles. The van der Waals surface area contributed by atoms with Crippen LogP contribution in [0.2, 0.25) is 0 Å². The van der Waals surface area contributed by atoms with Gasteiger partial charge in [0.15, 0.2) is 47.8 Å². The molecule has 606 valence electrons. The van der Waals surface area contributed by atoms with Gasteiger partial charge in [-0.2, -0.15) is 26.3 Å². The van der Waals surface area contributed by atoms with Gasteiger partial charge >= 0.3 is 12.4 Å². The highest BCUT2D eigenvalue weighted by molar-refractivity contribution is 7.90. The molecule has 12 rings (SSSR count). The van der Waals surface area contributed by atoms with Crippen LogP contribution in [0.15, 0.2) is 142 Å². The Labute approximate surface area is 642 Å². The maximum absolute atomic E-state index is 13.5. The minimum absolute atomic E-state index is 0.138. The molecule has 110 heavy (non-hydrogen) atoms. The summed E-state index contributed by atoms with van der Waals surface area (Å²) >= 11 is 0. The van der Waals surface area contributed by atoms with Crippen molar-refractivity contribution >= 4 is 30.1 Å². The number of likely N-dealkylation sites (tertiary alicyclic amines) is 3. The van der Waals surface area contributed by atoms with Crippen LogP contribution < -0.4 is 47.3 Å². The monoisotopic (exact) mass is 1600 g/mol. The molecule has 0 amide bonds. The summed E-state index contributed by atoms with van der Waals surface area (Å²) in [6.45, 7) is 6.98. The Morgan fingerprint density at radius 2 is 0.655 bits per heavy atom. The van der Waals surface area contributed by atoms with Gasteiger partial charge in [0.05, 0.1) is 49.2 Å². The SMILES string of the molecule is CC(C)Oc1ccccc1C1CCN(C2CCC(NS(=O)(=O)c3ccc(F)c(F)c3)CC2)CC1.COc1ccc(S(=O)(=O)NC2CCC(N3CCC(c4ccccc4OCC(F)(F)F)CC3)CC2)cc1OC.COc1ccc(S(=O)(=O)NC2CCC(N3CCC(c4ccccc4OCC(F)(F)F)CC3)CC2)cc1OC. The molecule has 19 nitrogen and oxygen atoms in total. The number of para-hydroxylation sites is 3. The molecule has 0 unspecified atom stereocenters. The van der Waals surface area contributed by atoms with Crippen molar-refractivity contribution in [1.82, 2.24) is 28.9 Å². The van der Waals surface area contributed by atoms with E-state index in [4.69, 9.17) is 33.2 Å². The number of sulfonamides is 3.